The first kappa shape index (κ1) is 37.9. The van der Waals surface area contributed by atoms with E-state index in [-0.39, 0.29) is 19.2 Å². The third-order valence-electron chi connectivity index (χ3n) is 4.73. The van der Waals surface area contributed by atoms with Crippen molar-refractivity contribution in [2.45, 2.75) is 60.7 Å². The molecule has 0 amide bonds. The van der Waals surface area contributed by atoms with Crippen molar-refractivity contribution in [2.24, 2.45) is 0 Å². The van der Waals surface area contributed by atoms with Gasteiger partial charge in [0.2, 0.25) is 0 Å². The van der Waals surface area contributed by atoms with Crippen LogP contribution < -0.4 is 0 Å². The zero-order valence-electron chi connectivity index (χ0n) is 24.4. The number of carbonyl (C=O) groups excluding carboxylic acids is 1. The Bertz CT molecular complexity index is 1120. The van der Waals surface area contributed by atoms with Crippen molar-refractivity contribution >= 4 is 11.9 Å². The van der Waals surface area contributed by atoms with E-state index in [4.69, 9.17) is 20.2 Å². The van der Waals surface area contributed by atoms with Crippen LogP contribution in [-0.2, 0) is 11.3 Å². The van der Waals surface area contributed by atoms with Crippen molar-refractivity contribution in [3.63, 3.8) is 0 Å². The van der Waals surface area contributed by atoms with Crippen LogP contribution in [0.25, 0.3) is 0 Å². The van der Waals surface area contributed by atoms with Gasteiger partial charge in [-0.25, -0.2) is 9.59 Å². The predicted molar refractivity (Wildman–Crippen MR) is 160 cm³/mol. The van der Waals surface area contributed by atoms with Gasteiger partial charge in [0, 0.05) is 6.08 Å². The minimum absolute atomic E-state index is 0.0587. The van der Waals surface area contributed by atoms with Crippen molar-refractivity contribution in [2.75, 3.05) is 6.61 Å². The van der Waals surface area contributed by atoms with Gasteiger partial charge in [-0.15, -0.1) is 0 Å². The average molecular weight is 550 g/mol. The number of allylic oxidation sites excluding steroid dienone is 2. The van der Waals surface area contributed by atoms with Crippen molar-refractivity contribution in [1.82, 2.24) is 0 Å². The number of aromatic carboxylic acids is 1. The maximum atomic E-state index is 11.4. The smallest absolute Gasteiger partial charge is 0.338 e. The molecule has 0 aliphatic carbocycles. The van der Waals surface area contributed by atoms with Crippen LogP contribution in [0.15, 0.2) is 91.0 Å². The van der Waals surface area contributed by atoms with Crippen LogP contribution in [0.3, 0.4) is 0 Å². The highest BCUT2D eigenvalue weighted by Crippen LogP contribution is 2.05. The Hall–Kier alpha value is -4.25. The zero-order chi connectivity index (χ0) is 30.8. The molecule has 7 nitrogen and oxygen atoms in total. The molecule has 1 atom stereocenters. The Morgan fingerprint density at radius 3 is 1.70 bits per heavy atom. The number of rotatable bonds is 6. The van der Waals surface area contributed by atoms with E-state index in [1.165, 1.54) is 6.08 Å². The summed E-state index contributed by atoms with van der Waals surface area (Å²) in [6.45, 7) is 11.7. The number of ether oxygens (including phenoxy) is 1. The van der Waals surface area contributed by atoms with Gasteiger partial charge in [0.05, 0.1) is 29.9 Å². The Morgan fingerprint density at radius 1 is 0.900 bits per heavy atom. The fourth-order valence-corrected chi connectivity index (χ4v) is 2.42. The standard InChI is InChI=1S/C12H16O3.C8H8O2.C7H8O.C4H5N.C2H6/c1-3-11(13)8-15-12(14)10-6-4-9(2)5-7-10;1-6-2-4-7(5-3-6)8(9)10;8-6-7-4-2-1-3-5-7;1-2-3-4-5;1-2/h4-7,11,13H,3,8H2,1-2H3;2-5H,1H3,(H,9,10);1-5,8H,6H2;2-3H,1H3;1-2H3/b;;;3-2-;/t11-;;;;/m0..../s1. The zero-order valence-corrected chi connectivity index (χ0v) is 24.4. The van der Waals surface area contributed by atoms with Gasteiger partial charge in [-0.3, -0.25) is 0 Å². The lowest BCUT2D eigenvalue weighted by Crippen LogP contribution is -2.17. The van der Waals surface area contributed by atoms with E-state index < -0.39 is 12.1 Å². The van der Waals surface area contributed by atoms with Crippen LogP contribution >= 0.6 is 0 Å². The summed E-state index contributed by atoms with van der Waals surface area (Å²) in [5, 5.41) is 34.0. The number of carboxylic acid groups (broad SMARTS) is 1. The summed E-state index contributed by atoms with van der Waals surface area (Å²) in [5.41, 5.74) is 3.99. The van der Waals surface area contributed by atoms with Gasteiger partial charge < -0.3 is 20.1 Å². The van der Waals surface area contributed by atoms with E-state index in [1.807, 2.05) is 90.1 Å². The van der Waals surface area contributed by atoms with Crippen LogP contribution in [0.1, 0.15) is 71.5 Å². The summed E-state index contributed by atoms with van der Waals surface area (Å²) in [6, 6.07) is 25.3. The van der Waals surface area contributed by atoms with Crippen LogP contribution in [0.5, 0.6) is 0 Å². The number of hydrogen-bond donors (Lipinski definition) is 3. The second kappa shape index (κ2) is 25.1. The second-order valence-corrected chi connectivity index (χ2v) is 7.97. The molecule has 0 aromatic heterocycles. The highest BCUT2D eigenvalue weighted by atomic mass is 16.5. The Labute approximate surface area is 239 Å². The Balaban J connectivity index is 0. The number of aryl methyl sites for hydroxylation is 2. The predicted octanol–water partition coefficient (Wildman–Crippen LogP) is 6.91. The van der Waals surface area contributed by atoms with Gasteiger partial charge in [-0.2, -0.15) is 5.26 Å². The lowest BCUT2D eigenvalue weighted by atomic mass is 10.1. The van der Waals surface area contributed by atoms with Crippen LogP contribution in [0.4, 0.5) is 0 Å². The summed E-state index contributed by atoms with van der Waals surface area (Å²) < 4.78 is 4.93. The maximum Gasteiger partial charge on any atom is 0.338 e. The average Bonchev–Trinajstić information content (AvgIpc) is 2.99. The first-order chi connectivity index (χ1) is 19.2. The molecule has 0 saturated heterocycles. The molecule has 0 saturated carbocycles. The number of benzene rings is 3. The quantitative estimate of drug-likeness (QED) is 0.225. The van der Waals surface area contributed by atoms with E-state index in [0.29, 0.717) is 17.5 Å². The SMILES string of the molecule is C/C=C\C#N.CC.CC[C@H](O)COC(=O)c1ccc(C)cc1.Cc1ccc(C(=O)O)cc1.OCc1ccccc1. The molecule has 40 heavy (non-hydrogen) atoms. The molecule has 0 unspecified atom stereocenters. The molecule has 0 bridgehead atoms. The molecule has 3 aromatic carbocycles. The fraction of sp³-hybridized carbons (Fsp3) is 0.303. The second-order valence-electron chi connectivity index (χ2n) is 7.97. The molecule has 0 aliphatic rings. The van der Waals surface area contributed by atoms with E-state index in [9.17, 15) is 14.7 Å². The number of carbonyl (C=O) groups is 2. The number of carboxylic acids is 1. The fourth-order valence-electron chi connectivity index (χ4n) is 2.42. The molecule has 0 aliphatic heterocycles. The van der Waals surface area contributed by atoms with Crippen molar-refractivity contribution in [3.8, 4) is 6.07 Å². The molecule has 0 fully saturated rings. The molecule has 3 aromatic rings. The minimum Gasteiger partial charge on any atom is -0.478 e. The number of aliphatic hydroxyl groups excluding tert-OH is 2. The summed E-state index contributed by atoms with van der Waals surface area (Å²) >= 11 is 0. The lowest BCUT2D eigenvalue weighted by Gasteiger charge is -2.08. The topological polar surface area (TPSA) is 128 Å². The highest BCUT2D eigenvalue weighted by Gasteiger charge is 2.09. The maximum absolute atomic E-state index is 11.4. The molecule has 0 spiro atoms. The van der Waals surface area contributed by atoms with Crippen LogP contribution in [0, 0.1) is 25.2 Å². The lowest BCUT2D eigenvalue weighted by molar-refractivity contribution is 0.0250. The first-order valence-electron chi connectivity index (χ1n) is 13.1. The molecule has 0 radical (unpaired) electrons. The van der Waals surface area contributed by atoms with E-state index >= 15 is 0 Å². The molecular weight excluding hydrogens is 506 g/mol. The summed E-state index contributed by atoms with van der Waals surface area (Å²) in [7, 11) is 0. The van der Waals surface area contributed by atoms with Gasteiger partial charge in [0.15, 0.2) is 0 Å². The van der Waals surface area contributed by atoms with Crippen LogP contribution in [-0.4, -0.2) is 40.0 Å². The summed E-state index contributed by atoms with van der Waals surface area (Å²) in [5.74, 6) is -1.26. The number of nitrogens with zero attached hydrogens (tertiary/aromatic N) is 1. The van der Waals surface area contributed by atoms with Crippen molar-refractivity contribution in [3.05, 3.63) is 119 Å². The van der Waals surface area contributed by atoms with Gasteiger partial charge in [-0.1, -0.05) is 92.6 Å². The third kappa shape index (κ3) is 19.8. The minimum atomic E-state index is -0.875. The van der Waals surface area contributed by atoms with Gasteiger partial charge in [-0.05, 0) is 57.0 Å². The van der Waals surface area contributed by atoms with Crippen LogP contribution in [0.2, 0.25) is 0 Å². The highest BCUT2D eigenvalue weighted by molar-refractivity contribution is 5.89. The van der Waals surface area contributed by atoms with Gasteiger partial charge in [0.25, 0.3) is 0 Å². The third-order valence-corrected chi connectivity index (χ3v) is 4.73. The summed E-state index contributed by atoms with van der Waals surface area (Å²) in [6.07, 6.45) is 3.14. The molecule has 216 valence electrons. The van der Waals surface area contributed by atoms with E-state index in [1.54, 1.807) is 42.5 Å². The number of hydrogen-bond acceptors (Lipinski definition) is 6. The number of esters is 1. The molecule has 3 rings (SSSR count). The van der Waals surface area contributed by atoms with Crippen molar-refractivity contribution in [1.29, 1.82) is 5.26 Å². The van der Waals surface area contributed by atoms with Gasteiger partial charge >= 0.3 is 11.9 Å². The number of aliphatic hydroxyl groups is 2. The van der Waals surface area contributed by atoms with Gasteiger partial charge in [0.1, 0.15) is 6.61 Å². The summed E-state index contributed by atoms with van der Waals surface area (Å²) in [4.78, 5) is 21.8. The van der Waals surface area contributed by atoms with E-state index in [0.717, 1.165) is 16.7 Å². The molecular formula is C33H43NO6. The Kier molecular flexibility index (Phi) is 23.7. The van der Waals surface area contributed by atoms with Crippen molar-refractivity contribution < 1.29 is 29.6 Å². The number of nitriles is 1. The molecule has 0 heterocycles. The van der Waals surface area contributed by atoms with E-state index in [2.05, 4.69) is 0 Å². The largest absolute Gasteiger partial charge is 0.478 e. The Morgan fingerprint density at radius 2 is 1.38 bits per heavy atom. The monoisotopic (exact) mass is 549 g/mol. The molecule has 7 heteroatoms. The normalized spacial score (nSPS) is 9.88. The first-order valence-corrected chi connectivity index (χ1v) is 13.1. The molecule has 3 N–H and O–H groups in total.